The predicted molar refractivity (Wildman–Crippen MR) is 65.7 cm³/mol. The monoisotopic (exact) mass is 244 g/mol. The van der Waals surface area contributed by atoms with Crippen LogP contribution in [0.5, 0.6) is 0 Å². The fourth-order valence-corrected chi connectivity index (χ4v) is 2.86. The molecule has 5 heteroatoms. The molecule has 2 aliphatic rings. The van der Waals surface area contributed by atoms with Gasteiger partial charge in [0.05, 0.1) is 13.2 Å². The van der Waals surface area contributed by atoms with E-state index >= 15 is 0 Å². The minimum Gasteiger partial charge on any atom is -0.380 e. The maximum atomic E-state index is 11.7. The lowest BCUT2D eigenvalue weighted by Crippen LogP contribution is -2.49. The van der Waals surface area contributed by atoms with Crippen molar-refractivity contribution >= 4 is 17.7 Å². The number of carbonyl (C=O) groups excluding carboxylic acids is 1. The van der Waals surface area contributed by atoms with Gasteiger partial charge in [-0.15, -0.1) is 0 Å². The highest BCUT2D eigenvalue weighted by molar-refractivity contribution is 7.99. The Balaban J connectivity index is 1.63. The Kier molecular flexibility index (Phi) is 4.10. The van der Waals surface area contributed by atoms with E-state index in [0.29, 0.717) is 12.5 Å². The van der Waals surface area contributed by atoms with Crippen molar-refractivity contribution in [1.82, 2.24) is 10.6 Å². The van der Waals surface area contributed by atoms with Crippen LogP contribution in [0.3, 0.4) is 0 Å². The number of carbonyl (C=O) groups is 1. The quantitative estimate of drug-likeness (QED) is 0.743. The molecule has 92 valence electrons. The Labute approximate surface area is 101 Å². The van der Waals surface area contributed by atoms with Gasteiger partial charge in [-0.1, -0.05) is 6.92 Å². The van der Waals surface area contributed by atoms with Crippen LogP contribution in [0.25, 0.3) is 0 Å². The van der Waals surface area contributed by atoms with Gasteiger partial charge in [-0.25, -0.2) is 0 Å². The normalized spacial score (nSPS) is 28.2. The van der Waals surface area contributed by atoms with Crippen LogP contribution < -0.4 is 10.6 Å². The molecule has 0 aromatic rings. The average Bonchev–Trinajstić information content (AvgIpc) is 2.25. The summed E-state index contributed by atoms with van der Waals surface area (Å²) in [6.07, 6.45) is 0.601. The maximum absolute atomic E-state index is 11.7. The summed E-state index contributed by atoms with van der Waals surface area (Å²) in [5.41, 5.74) is 0.171. The number of ether oxygens (including phenoxy) is 1. The molecule has 4 nitrogen and oxygen atoms in total. The molecule has 0 radical (unpaired) electrons. The van der Waals surface area contributed by atoms with E-state index < -0.39 is 0 Å². The van der Waals surface area contributed by atoms with Crippen LogP contribution in [-0.4, -0.2) is 49.8 Å². The molecule has 1 atom stereocenters. The Morgan fingerprint density at radius 3 is 3.00 bits per heavy atom. The average molecular weight is 244 g/mol. The first-order chi connectivity index (χ1) is 7.68. The molecule has 0 spiro atoms. The molecular formula is C11H20N2O2S. The van der Waals surface area contributed by atoms with Crippen molar-refractivity contribution in [3.63, 3.8) is 0 Å². The third-order valence-corrected chi connectivity index (χ3v) is 4.17. The Morgan fingerprint density at radius 2 is 2.44 bits per heavy atom. The largest absolute Gasteiger partial charge is 0.380 e. The summed E-state index contributed by atoms with van der Waals surface area (Å²) in [6, 6.07) is 0.351. The van der Waals surface area contributed by atoms with Crippen molar-refractivity contribution in [3.05, 3.63) is 0 Å². The van der Waals surface area contributed by atoms with E-state index in [-0.39, 0.29) is 11.3 Å². The fraction of sp³-hybridized carbons (Fsp3) is 0.909. The zero-order valence-electron chi connectivity index (χ0n) is 9.75. The molecule has 2 saturated heterocycles. The minimum absolute atomic E-state index is 0.160. The van der Waals surface area contributed by atoms with Crippen molar-refractivity contribution in [2.75, 3.05) is 37.8 Å². The lowest BCUT2D eigenvalue weighted by atomic mass is 9.89. The standard InChI is InChI=1S/C11H20N2O2S/c1-11(7-15-8-11)6-13-10(14)4-9-5-16-3-2-12-9/h9,12H,2-8H2,1H3,(H,13,14). The number of hydrogen-bond donors (Lipinski definition) is 2. The first-order valence-corrected chi connectivity index (χ1v) is 6.99. The highest BCUT2D eigenvalue weighted by atomic mass is 32.2. The summed E-state index contributed by atoms with van der Waals surface area (Å²) in [6.45, 7) is 5.45. The Bertz CT molecular complexity index is 250. The van der Waals surface area contributed by atoms with Crippen LogP contribution in [0.4, 0.5) is 0 Å². The van der Waals surface area contributed by atoms with Gasteiger partial charge in [0.1, 0.15) is 0 Å². The van der Waals surface area contributed by atoms with Gasteiger partial charge in [0, 0.05) is 42.5 Å². The summed E-state index contributed by atoms with van der Waals surface area (Å²) in [5, 5.41) is 6.37. The highest BCUT2D eigenvalue weighted by Gasteiger charge is 2.33. The molecule has 0 aromatic carbocycles. The van der Waals surface area contributed by atoms with E-state index in [2.05, 4.69) is 17.6 Å². The van der Waals surface area contributed by atoms with E-state index in [1.807, 2.05) is 11.8 Å². The molecule has 16 heavy (non-hydrogen) atoms. The number of thioether (sulfide) groups is 1. The van der Waals surface area contributed by atoms with Crippen LogP contribution in [0, 0.1) is 5.41 Å². The molecule has 2 fully saturated rings. The van der Waals surface area contributed by atoms with Crippen LogP contribution in [0.1, 0.15) is 13.3 Å². The van der Waals surface area contributed by atoms with Gasteiger partial charge in [-0.05, 0) is 0 Å². The van der Waals surface area contributed by atoms with Gasteiger partial charge in [-0.3, -0.25) is 4.79 Å². The predicted octanol–water partition coefficient (Wildman–Crippen LogP) is 0.234. The van der Waals surface area contributed by atoms with Crippen LogP contribution in [0.15, 0.2) is 0 Å². The molecule has 0 saturated carbocycles. The van der Waals surface area contributed by atoms with Crippen molar-refractivity contribution in [2.24, 2.45) is 5.41 Å². The second kappa shape index (κ2) is 5.38. The van der Waals surface area contributed by atoms with Gasteiger partial charge in [0.15, 0.2) is 0 Å². The van der Waals surface area contributed by atoms with Crippen molar-refractivity contribution < 1.29 is 9.53 Å². The lowest BCUT2D eigenvalue weighted by molar-refractivity contribution is -0.127. The summed E-state index contributed by atoms with van der Waals surface area (Å²) < 4.78 is 5.15. The molecular weight excluding hydrogens is 224 g/mol. The first-order valence-electron chi connectivity index (χ1n) is 5.84. The third-order valence-electron chi connectivity index (χ3n) is 3.04. The number of hydrogen-bond acceptors (Lipinski definition) is 4. The second-order valence-electron chi connectivity index (χ2n) is 5.01. The highest BCUT2D eigenvalue weighted by Crippen LogP contribution is 2.25. The Morgan fingerprint density at radius 1 is 1.62 bits per heavy atom. The van der Waals surface area contributed by atoms with Crippen LogP contribution in [0.2, 0.25) is 0 Å². The van der Waals surface area contributed by atoms with Gasteiger partial charge in [0.25, 0.3) is 0 Å². The van der Waals surface area contributed by atoms with Gasteiger partial charge < -0.3 is 15.4 Å². The van der Waals surface area contributed by atoms with Gasteiger partial charge in [-0.2, -0.15) is 11.8 Å². The summed E-state index contributed by atoms with van der Waals surface area (Å²) >= 11 is 1.92. The fourth-order valence-electron chi connectivity index (χ4n) is 1.91. The zero-order chi connectivity index (χ0) is 11.4. The smallest absolute Gasteiger partial charge is 0.221 e. The van der Waals surface area contributed by atoms with Crippen molar-refractivity contribution in [1.29, 1.82) is 0 Å². The molecule has 2 heterocycles. The second-order valence-corrected chi connectivity index (χ2v) is 6.16. The van der Waals surface area contributed by atoms with E-state index in [1.54, 1.807) is 0 Å². The zero-order valence-corrected chi connectivity index (χ0v) is 10.6. The van der Waals surface area contributed by atoms with E-state index in [1.165, 1.54) is 0 Å². The molecule has 1 amide bonds. The van der Waals surface area contributed by atoms with Crippen molar-refractivity contribution in [3.8, 4) is 0 Å². The molecule has 0 aliphatic carbocycles. The van der Waals surface area contributed by atoms with E-state index in [0.717, 1.165) is 37.8 Å². The summed E-state index contributed by atoms with van der Waals surface area (Å²) in [4.78, 5) is 11.7. The summed E-state index contributed by atoms with van der Waals surface area (Å²) in [7, 11) is 0. The molecule has 0 bridgehead atoms. The molecule has 2 N–H and O–H groups in total. The summed E-state index contributed by atoms with van der Waals surface area (Å²) in [5.74, 6) is 2.37. The SMILES string of the molecule is CC1(CNC(=O)CC2CSCCN2)COC1. The maximum Gasteiger partial charge on any atom is 0.221 e. The van der Waals surface area contributed by atoms with Crippen molar-refractivity contribution in [2.45, 2.75) is 19.4 Å². The van der Waals surface area contributed by atoms with Gasteiger partial charge in [0.2, 0.25) is 5.91 Å². The topological polar surface area (TPSA) is 50.4 Å². The molecule has 2 rings (SSSR count). The molecule has 0 aromatic heterocycles. The van der Waals surface area contributed by atoms with Gasteiger partial charge >= 0.3 is 0 Å². The van der Waals surface area contributed by atoms with E-state index in [4.69, 9.17) is 4.74 Å². The number of amides is 1. The third kappa shape index (κ3) is 3.37. The molecule has 2 aliphatic heterocycles. The lowest BCUT2D eigenvalue weighted by Gasteiger charge is -2.38. The minimum atomic E-state index is 0.160. The number of nitrogens with one attached hydrogen (secondary N) is 2. The Hall–Kier alpha value is -0.260. The van der Waals surface area contributed by atoms with Crippen LogP contribution >= 0.6 is 11.8 Å². The molecule has 1 unspecified atom stereocenters. The van der Waals surface area contributed by atoms with Crippen LogP contribution in [-0.2, 0) is 9.53 Å². The first kappa shape index (κ1) is 12.2. The van der Waals surface area contributed by atoms with E-state index in [9.17, 15) is 4.79 Å². The number of rotatable bonds is 4.